The quantitative estimate of drug-likeness (QED) is 0.671. The zero-order chi connectivity index (χ0) is 16.5. The number of hydrogen-bond donors (Lipinski definition) is 0. The lowest BCUT2D eigenvalue weighted by atomic mass is 9.98. The van der Waals surface area contributed by atoms with Gasteiger partial charge in [-0.25, -0.2) is 0 Å². The van der Waals surface area contributed by atoms with Crippen LogP contribution in [0.25, 0.3) is 0 Å². The normalized spacial score (nSPS) is 18.2. The van der Waals surface area contributed by atoms with Gasteiger partial charge in [0.15, 0.2) is 5.82 Å². The van der Waals surface area contributed by atoms with Gasteiger partial charge in [-0.15, -0.1) is 22.7 Å². The third kappa shape index (κ3) is 3.18. The van der Waals surface area contributed by atoms with E-state index in [1.165, 1.54) is 15.3 Å². The molecule has 0 saturated heterocycles. The molecule has 0 amide bonds. The molecule has 0 aromatic carbocycles. The van der Waals surface area contributed by atoms with Gasteiger partial charge in [0.05, 0.1) is 12.6 Å². The number of nitrogens with zero attached hydrogens (tertiary/aromatic N) is 3. The second-order valence-electron chi connectivity index (χ2n) is 6.64. The molecule has 0 spiro atoms. The number of fused-ring (bicyclic) bond motifs is 1. The van der Waals surface area contributed by atoms with Crippen LogP contribution in [0.2, 0.25) is 0 Å². The smallest absolute Gasteiger partial charge is 0.240 e. The summed E-state index contributed by atoms with van der Waals surface area (Å²) < 4.78 is 5.51. The van der Waals surface area contributed by atoms with E-state index in [-0.39, 0.29) is 0 Å². The van der Waals surface area contributed by atoms with Crippen LogP contribution >= 0.6 is 22.7 Å². The van der Waals surface area contributed by atoms with E-state index in [0.29, 0.717) is 18.5 Å². The van der Waals surface area contributed by atoms with Gasteiger partial charge in [0.25, 0.3) is 0 Å². The maximum atomic E-state index is 5.51. The highest BCUT2D eigenvalue weighted by atomic mass is 32.1. The Kier molecular flexibility index (Phi) is 4.52. The molecule has 24 heavy (non-hydrogen) atoms. The van der Waals surface area contributed by atoms with Crippen molar-refractivity contribution in [2.24, 2.45) is 5.92 Å². The van der Waals surface area contributed by atoms with Crippen molar-refractivity contribution < 1.29 is 4.52 Å². The van der Waals surface area contributed by atoms with Gasteiger partial charge in [0.2, 0.25) is 5.89 Å². The van der Waals surface area contributed by atoms with Crippen LogP contribution in [0, 0.1) is 5.92 Å². The van der Waals surface area contributed by atoms with Gasteiger partial charge >= 0.3 is 0 Å². The molecule has 1 atom stereocenters. The van der Waals surface area contributed by atoms with Gasteiger partial charge in [-0.2, -0.15) is 4.98 Å². The molecule has 6 heteroatoms. The van der Waals surface area contributed by atoms with Crippen LogP contribution in [0.15, 0.2) is 33.5 Å². The third-order valence-corrected chi connectivity index (χ3v) is 6.24. The highest BCUT2D eigenvalue weighted by Gasteiger charge is 2.31. The molecule has 0 unspecified atom stereocenters. The van der Waals surface area contributed by atoms with Crippen LogP contribution in [-0.2, 0) is 19.4 Å². The Morgan fingerprint density at radius 1 is 1.29 bits per heavy atom. The first-order valence-electron chi connectivity index (χ1n) is 8.36. The summed E-state index contributed by atoms with van der Waals surface area (Å²) in [6.45, 7) is 6.08. The summed E-state index contributed by atoms with van der Waals surface area (Å²) in [4.78, 5) is 9.95. The zero-order valence-corrected chi connectivity index (χ0v) is 15.6. The fourth-order valence-electron chi connectivity index (χ4n) is 3.29. The van der Waals surface area contributed by atoms with Crippen LogP contribution < -0.4 is 0 Å². The van der Waals surface area contributed by atoms with E-state index < -0.39 is 0 Å². The molecule has 3 aromatic rings. The molecule has 0 aliphatic carbocycles. The van der Waals surface area contributed by atoms with Crippen molar-refractivity contribution in [2.45, 2.75) is 39.3 Å². The standard InChI is InChI=1S/C18H21N3OS2/c1-12(2)10-16-19-17(22-20-16)11-21-7-5-14-13(6-9-24-14)18(21)15-4-3-8-23-15/h3-4,6,8-9,12,18H,5,7,10-11H2,1-2H3/t18-/m1/s1. The monoisotopic (exact) mass is 359 g/mol. The molecule has 0 N–H and O–H groups in total. The predicted molar refractivity (Wildman–Crippen MR) is 97.4 cm³/mol. The average molecular weight is 360 g/mol. The first-order chi connectivity index (χ1) is 11.7. The Balaban J connectivity index is 1.59. The largest absolute Gasteiger partial charge is 0.338 e. The minimum Gasteiger partial charge on any atom is -0.338 e. The van der Waals surface area contributed by atoms with Crippen molar-refractivity contribution in [3.8, 4) is 0 Å². The Morgan fingerprint density at radius 2 is 2.21 bits per heavy atom. The molecule has 0 fully saturated rings. The first-order valence-corrected chi connectivity index (χ1v) is 10.1. The molecule has 0 saturated carbocycles. The molecule has 3 aromatic heterocycles. The lowest BCUT2D eigenvalue weighted by molar-refractivity contribution is 0.181. The molecule has 4 heterocycles. The lowest BCUT2D eigenvalue weighted by Crippen LogP contribution is -2.34. The molecule has 126 valence electrons. The van der Waals surface area contributed by atoms with Crippen LogP contribution in [0.5, 0.6) is 0 Å². The van der Waals surface area contributed by atoms with Crippen molar-refractivity contribution in [1.82, 2.24) is 15.0 Å². The maximum absolute atomic E-state index is 5.51. The van der Waals surface area contributed by atoms with E-state index in [9.17, 15) is 0 Å². The van der Waals surface area contributed by atoms with Crippen LogP contribution in [0.1, 0.15) is 46.9 Å². The summed E-state index contributed by atoms with van der Waals surface area (Å²) in [5, 5.41) is 8.50. The number of hydrogen-bond acceptors (Lipinski definition) is 6. The second-order valence-corrected chi connectivity index (χ2v) is 8.62. The molecule has 0 radical (unpaired) electrons. The topological polar surface area (TPSA) is 42.2 Å². The highest BCUT2D eigenvalue weighted by Crippen LogP contribution is 2.39. The summed E-state index contributed by atoms with van der Waals surface area (Å²) in [5.41, 5.74) is 1.44. The molecule has 4 nitrogen and oxygen atoms in total. The SMILES string of the molecule is CC(C)Cc1noc(CN2CCc3sccc3[C@@H]2c2cccs2)n1. The van der Waals surface area contributed by atoms with Crippen molar-refractivity contribution >= 4 is 22.7 Å². The fraction of sp³-hybridized carbons (Fsp3) is 0.444. The zero-order valence-electron chi connectivity index (χ0n) is 13.9. The van der Waals surface area contributed by atoms with Gasteiger partial charge in [0, 0.05) is 22.7 Å². The number of rotatable bonds is 5. The molecule has 1 aliphatic heterocycles. The van der Waals surface area contributed by atoms with Gasteiger partial charge in [-0.3, -0.25) is 4.90 Å². The Hall–Kier alpha value is -1.50. The van der Waals surface area contributed by atoms with E-state index in [0.717, 1.165) is 31.1 Å². The van der Waals surface area contributed by atoms with E-state index >= 15 is 0 Å². The minimum absolute atomic E-state index is 0.306. The maximum Gasteiger partial charge on any atom is 0.240 e. The first kappa shape index (κ1) is 16.0. The van der Waals surface area contributed by atoms with Gasteiger partial charge in [-0.1, -0.05) is 25.1 Å². The van der Waals surface area contributed by atoms with Crippen LogP contribution in [0.4, 0.5) is 0 Å². The van der Waals surface area contributed by atoms with E-state index in [1.54, 1.807) is 0 Å². The third-order valence-electron chi connectivity index (χ3n) is 4.32. The summed E-state index contributed by atoms with van der Waals surface area (Å²) in [6, 6.07) is 6.94. The fourth-order valence-corrected chi connectivity index (χ4v) is 5.08. The van der Waals surface area contributed by atoms with Crippen LogP contribution in [-0.4, -0.2) is 21.6 Å². The van der Waals surface area contributed by atoms with Gasteiger partial charge in [-0.05, 0) is 40.8 Å². The van der Waals surface area contributed by atoms with E-state index in [1.807, 2.05) is 22.7 Å². The predicted octanol–water partition coefficient (Wildman–Crippen LogP) is 4.54. The summed E-state index contributed by atoms with van der Waals surface area (Å²) in [7, 11) is 0. The Morgan fingerprint density at radius 3 is 3.00 bits per heavy atom. The van der Waals surface area contributed by atoms with Crippen molar-refractivity contribution in [1.29, 1.82) is 0 Å². The molecule has 1 aliphatic rings. The van der Waals surface area contributed by atoms with Crippen molar-refractivity contribution in [3.05, 3.63) is 56.0 Å². The Labute approximate surface area is 150 Å². The lowest BCUT2D eigenvalue weighted by Gasteiger charge is -2.34. The summed E-state index contributed by atoms with van der Waals surface area (Å²) >= 11 is 3.69. The van der Waals surface area contributed by atoms with Gasteiger partial charge < -0.3 is 4.52 Å². The Bertz CT molecular complexity index is 791. The van der Waals surface area contributed by atoms with Crippen LogP contribution in [0.3, 0.4) is 0 Å². The van der Waals surface area contributed by atoms with E-state index in [4.69, 9.17) is 4.52 Å². The van der Waals surface area contributed by atoms with Gasteiger partial charge in [0.1, 0.15) is 0 Å². The minimum atomic E-state index is 0.306. The molecular formula is C18H21N3OS2. The number of thiophene rings is 2. The molecule has 4 rings (SSSR count). The summed E-state index contributed by atoms with van der Waals surface area (Å²) in [6.07, 6.45) is 1.97. The number of aromatic nitrogens is 2. The van der Waals surface area contributed by atoms with Crippen molar-refractivity contribution in [2.75, 3.05) is 6.54 Å². The second kappa shape index (κ2) is 6.78. The van der Waals surface area contributed by atoms with Crippen molar-refractivity contribution in [3.63, 3.8) is 0 Å². The molecule has 0 bridgehead atoms. The summed E-state index contributed by atoms with van der Waals surface area (Å²) in [5.74, 6) is 2.09. The molecular weight excluding hydrogens is 338 g/mol. The average Bonchev–Trinajstić information content (AvgIpc) is 3.27. The highest BCUT2D eigenvalue weighted by molar-refractivity contribution is 7.10. The van der Waals surface area contributed by atoms with E-state index in [2.05, 4.69) is 57.8 Å².